The summed E-state index contributed by atoms with van der Waals surface area (Å²) in [5.41, 5.74) is 1.38. The van der Waals surface area contributed by atoms with E-state index in [1.54, 1.807) is 6.07 Å². The number of pyridine rings is 1. The molecule has 0 saturated heterocycles. The van der Waals surface area contributed by atoms with Crippen LogP contribution in [0.15, 0.2) is 12.3 Å². The lowest BCUT2D eigenvalue weighted by molar-refractivity contribution is 0.0443. The fourth-order valence-corrected chi connectivity index (χ4v) is 1.31. The quantitative estimate of drug-likeness (QED) is 0.498. The number of carbonyl (C=O) groups is 2. The molecule has 0 aromatic carbocycles. The van der Waals surface area contributed by atoms with Gasteiger partial charge in [-0.1, -0.05) is 13.8 Å². The topological polar surface area (TPSA) is 56.3 Å². The monoisotopic (exact) mass is 191 g/mol. The molecule has 1 aromatic heterocycles. The summed E-state index contributed by atoms with van der Waals surface area (Å²) in [5, 5.41) is 0. The second-order valence-electron chi connectivity index (χ2n) is 3.49. The van der Waals surface area contributed by atoms with Gasteiger partial charge < -0.3 is 4.74 Å². The Morgan fingerprint density at radius 1 is 1.21 bits per heavy atom. The van der Waals surface area contributed by atoms with Gasteiger partial charge in [-0.25, -0.2) is 9.59 Å². The Hall–Kier alpha value is -1.71. The van der Waals surface area contributed by atoms with Gasteiger partial charge in [0.2, 0.25) is 0 Å². The van der Waals surface area contributed by atoms with Crippen molar-refractivity contribution in [1.82, 2.24) is 4.98 Å². The molecule has 0 atom stereocenters. The lowest BCUT2D eigenvalue weighted by atomic mass is 10.1. The zero-order chi connectivity index (χ0) is 10.3. The molecule has 0 fully saturated rings. The van der Waals surface area contributed by atoms with E-state index in [0.717, 1.165) is 5.69 Å². The number of nitrogens with zero attached hydrogens (tertiary/aromatic N) is 1. The van der Waals surface area contributed by atoms with Gasteiger partial charge in [-0.2, -0.15) is 0 Å². The summed E-state index contributed by atoms with van der Waals surface area (Å²) in [7, 11) is 0. The van der Waals surface area contributed by atoms with Crippen LogP contribution in [-0.4, -0.2) is 16.9 Å². The third-order valence-electron chi connectivity index (χ3n) is 2.14. The maximum atomic E-state index is 11.2. The van der Waals surface area contributed by atoms with Gasteiger partial charge >= 0.3 is 11.9 Å². The van der Waals surface area contributed by atoms with E-state index in [9.17, 15) is 9.59 Å². The molecule has 0 amide bonds. The van der Waals surface area contributed by atoms with Crippen molar-refractivity contribution >= 4 is 11.9 Å². The number of hydrogen-bond acceptors (Lipinski definition) is 4. The van der Waals surface area contributed by atoms with E-state index in [-0.39, 0.29) is 11.5 Å². The lowest BCUT2D eigenvalue weighted by Gasteiger charge is -2.03. The molecule has 2 heterocycles. The Kier molecular flexibility index (Phi) is 1.84. The summed E-state index contributed by atoms with van der Waals surface area (Å²) < 4.78 is 4.45. The summed E-state index contributed by atoms with van der Waals surface area (Å²) in [6.45, 7) is 3.94. The average molecular weight is 191 g/mol. The maximum absolute atomic E-state index is 11.2. The maximum Gasteiger partial charge on any atom is 0.348 e. The van der Waals surface area contributed by atoms with Crippen molar-refractivity contribution in [3.05, 3.63) is 29.1 Å². The third kappa shape index (κ3) is 1.19. The Morgan fingerprint density at radius 3 is 2.50 bits per heavy atom. The second-order valence-corrected chi connectivity index (χ2v) is 3.49. The molecule has 0 radical (unpaired) electrons. The normalized spacial score (nSPS) is 14.5. The van der Waals surface area contributed by atoms with Gasteiger partial charge in [0, 0.05) is 11.9 Å². The van der Waals surface area contributed by atoms with E-state index in [1.807, 2.05) is 13.8 Å². The minimum Gasteiger partial charge on any atom is -0.386 e. The van der Waals surface area contributed by atoms with Crippen LogP contribution in [0.2, 0.25) is 0 Å². The molecule has 1 aromatic rings. The molecule has 2 rings (SSSR count). The molecule has 0 N–H and O–H groups in total. The molecule has 14 heavy (non-hydrogen) atoms. The summed E-state index contributed by atoms with van der Waals surface area (Å²) >= 11 is 0. The summed E-state index contributed by atoms with van der Waals surface area (Å²) in [5.74, 6) is -0.953. The van der Waals surface area contributed by atoms with Crippen LogP contribution in [0.5, 0.6) is 0 Å². The molecule has 0 spiro atoms. The number of esters is 2. The number of ether oxygens (including phenoxy) is 1. The van der Waals surface area contributed by atoms with Crippen molar-refractivity contribution in [2.24, 2.45) is 0 Å². The largest absolute Gasteiger partial charge is 0.386 e. The lowest BCUT2D eigenvalue weighted by Crippen LogP contribution is -1.98. The van der Waals surface area contributed by atoms with Crippen LogP contribution in [0.3, 0.4) is 0 Å². The smallest absolute Gasteiger partial charge is 0.348 e. The highest BCUT2D eigenvalue weighted by Gasteiger charge is 2.30. The first-order valence-electron chi connectivity index (χ1n) is 4.36. The van der Waals surface area contributed by atoms with Gasteiger partial charge in [-0.3, -0.25) is 4.98 Å². The zero-order valence-electron chi connectivity index (χ0n) is 7.90. The zero-order valence-corrected chi connectivity index (χ0v) is 7.90. The highest BCUT2D eigenvalue weighted by molar-refractivity contribution is 6.14. The molecule has 0 bridgehead atoms. The third-order valence-corrected chi connectivity index (χ3v) is 2.14. The van der Waals surface area contributed by atoms with Crippen molar-refractivity contribution < 1.29 is 14.3 Å². The summed E-state index contributed by atoms with van der Waals surface area (Å²) in [6, 6.07) is 1.62. The summed E-state index contributed by atoms with van der Waals surface area (Å²) in [4.78, 5) is 26.3. The Bertz CT molecular complexity index is 423. The van der Waals surface area contributed by atoms with Gasteiger partial charge in [0.15, 0.2) is 0 Å². The average Bonchev–Trinajstić information content (AvgIpc) is 2.42. The predicted molar refractivity (Wildman–Crippen MR) is 48.1 cm³/mol. The summed E-state index contributed by atoms with van der Waals surface area (Å²) in [6.07, 6.45) is 1.40. The molecule has 0 aliphatic carbocycles. The molecule has 72 valence electrons. The number of cyclic esters (lactones) is 2. The molecule has 4 nitrogen and oxygen atoms in total. The van der Waals surface area contributed by atoms with Crippen LogP contribution in [-0.2, 0) is 4.74 Å². The predicted octanol–water partition coefficient (Wildman–Crippen LogP) is 1.52. The molecule has 1 aliphatic rings. The fraction of sp³-hybridized carbons (Fsp3) is 0.300. The van der Waals surface area contributed by atoms with Crippen LogP contribution < -0.4 is 0 Å². The minimum atomic E-state index is -0.604. The van der Waals surface area contributed by atoms with Gasteiger partial charge in [0.1, 0.15) is 0 Å². The number of hydrogen-bond donors (Lipinski definition) is 0. The first kappa shape index (κ1) is 8.87. The van der Waals surface area contributed by atoms with Crippen LogP contribution in [0.1, 0.15) is 46.2 Å². The SMILES string of the molecule is CC(C)c1cc2c(cn1)C(=O)OC2=O. The minimum absolute atomic E-state index is 0.226. The highest BCUT2D eigenvalue weighted by Crippen LogP contribution is 2.22. The first-order valence-corrected chi connectivity index (χ1v) is 4.36. The van der Waals surface area contributed by atoms with E-state index in [4.69, 9.17) is 0 Å². The molecule has 1 aliphatic heterocycles. The van der Waals surface area contributed by atoms with Crippen LogP contribution in [0.25, 0.3) is 0 Å². The van der Waals surface area contributed by atoms with Crippen LogP contribution in [0, 0.1) is 0 Å². The Balaban J connectivity index is 2.55. The molecule has 0 unspecified atom stereocenters. The van der Waals surface area contributed by atoms with E-state index >= 15 is 0 Å². The number of rotatable bonds is 1. The van der Waals surface area contributed by atoms with Crippen molar-refractivity contribution in [3.8, 4) is 0 Å². The van der Waals surface area contributed by atoms with Gasteiger partial charge in [-0.15, -0.1) is 0 Å². The number of carbonyl (C=O) groups excluding carboxylic acids is 2. The van der Waals surface area contributed by atoms with E-state index in [1.165, 1.54) is 6.20 Å². The molecular weight excluding hydrogens is 182 g/mol. The van der Waals surface area contributed by atoms with Gasteiger partial charge in [0.05, 0.1) is 11.1 Å². The van der Waals surface area contributed by atoms with Crippen molar-refractivity contribution in [2.75, 3.05) is 0 Å². The van der Waals surface area contributed by atoms with Crippen molar-refractivity contribution in [2.45, 2.75) is 19.8 Å². The molecule has 4 heteroatoms. The number of aromatic nitrogens is 1. The first-order chi connectivity index (χ1) is 6.59. The standard InChI is InChI=1S/C10H9NO3/c1-5(2)8-3-6-7(4-11-8)10(13)14-9(6)12/h3-5H,1-2H3. The van der Waals surface area contributed by atoms with Gasteiger partial charge in [0.25, 0.3) is 0 Å². The van der Waals surface area contributed by atoms with Crippen LogP contribution >= 0.6 is 0 Å². The van der Waals surface area contributed by atoms with Crippen molar-refractivity contribution in [3.63, 3.8) is 0 Å². The van der Waals surface area contributed by atoms with E-state index < -0.39 is 11.9 Å². The van der Waals surface area contributed by atoms with Gasteiger partial charge in [-0.05, 0) is 12.0 Å². The highest BCUT2D eigenvalue weighted by atomic mass is 16.6. The molecule has 0 saturated carbocycles. The van der Waals surface area contributed by atoms with E-state index in [0.29, 0.717) is 5.56 Å². The molecular formula is C10H9NO3. The Labute approximate surface area is 80.9 Å². The fourth-order valence-electron chi connectivity index (χ4n) is 1.31. The Morgan fingerprint density at radius 2 is 1.86 bits per heavy atom. The van der Waals surface area contributed by atoms with Crippen LogP contribution in [0.4, 0.5) is 0 Å². The van der Waals surface area contributed by atoms with E-state index in [2.05, 4.69) is 9.72 Å². The number of fused-ring (bicyclic) bond motifs is 1. The van der Waals surface area contributed by atoms with Crippen molar-refractivity contribution in [1.29, 1.82) is 0 Å². The second kappa shape index (κ2) is 2.90.